The van der Waals surface area contributed by atoms with Crippen molar-refractivity contribution in [3.8, 4) is 11.3 Å². The van der Waals surface area contributed by atoms with Gasteiger partial charge in [0.25, 0.3) is 0 Å². The summed E-state index contributed by atoms with van der Waals surface area (Å²) in [6, 6.07) is 11.7. The molecule has 0 spiro atoms. The number of methoxy groups -OCH3 is 1. The average Bonchev–Trinajstić information content (AvgIpc) is 2.97. The third-order valence-corrected chi connectivity index (χ3v) is 3.43. The minimum atomic E-state index is 0.531. The number of ether oxygens (including phenoxy) is 1. The number of rotatable bonds is 3. The van der Waals surface area contributed by atoms with Crippen LogP contribution in [0.1, 0.15) is 5.56 Å². The summed E-state index contributed by atoms with van der Waals surface area (Å²) in [5.41, 5.74) is 3.39. The lowest BCUT2D eigenvalue weighted by Crippen LogP contribution is -2.01. The van der Waals surface area contributed by atoms with Crippen LogP contribution in [0.5, 0.6) is 0 Å². The van der Waals surface area contributed by atoms with E-state index in [1.54, 1.807) is 17.8 Å². The zero-order chi connectivity index (χ0) is 14.1. The maximum Gasteiger partial charge on any atom is 0.121 e. The van der Waals surface area contributed by atoms with Crippen molar-refractivity contribution in [1.82, 2.24) is 14.8 Å². The van der Waals surface area contributed by atoms with Gasteiger partial charge in [-0.3, -0.25) is 0 Å². The Balaban J connectivity index is 2.40. The number of hydrogen-bond donors (Lipinski definition) is 0. The van der Waals surface area contributed by atoms with Crippen molar-refractivity contribution in [2.45, 2.75) is 0 Å². The first-order chi connectivity index (χ1) is 9.72. The predicted molar refractivity (Wildman–Crippen MR) is 79.5 cm³/mol. The third-order valence-electron chi connectivity index (χ3n) is 3.13. The van der Waals surface area contributed by atoms with Crippen LogP contribution in [-0.4, -0.2) is 21.9 Å². The lowest BCUT2D eigenvalue weighted by atomic mass is 10.0. The highest BCUT2D eigenvalue weighted by molar-refractivity contribution is 6.34. The van der Waals surface area contributed by atoms with Crippen molar-refractivity contribution in [3.05, 3.63) is 59.8 Å². The van der Waals surface area contributed by atoms with E-state index in [4.69, 9.17) is 16.3 Å². The van der Waals surface area contributed by atoms with E-state index in [0.717, 1.165) is 22.3 Å². The van der Waals surface area contributed by atoms with Gasteiger partial charge in [-0.25, -0.2) is 4.52 Å². The number of nitrogens with zero attached hydrogens (tertiary/aromatic N) is 3. The molecule has 20 heavy (non-hydrogen) atoms. The van der Waals surface area contributed by atoms with Gasteiger partial charge in [0.05, 0.1) is 24.0 Å². The number of benzene rings is 1. The molecule has 0 aliphatic heterocycles. The molecule has 0 saturated heterocycles. The van der Waals surface area contributed by atoms with Crippen LogP contribution in [0.2, 0.25) is 5.02 Å². The maximum atomic E-state index is 6.27. The first-order valence-electron chi connectivity index (χ1n) is 6.04. The van der Waals surface area contributed by atoms with Gasteiger partial charge in [0.2, 0.25) is 0 Å². The minimum Gasteiger partial charge on any atom is -0.497 e. The van der Waals surface area contributed by atoms with Crippen molar-refractivity contribution in [2.24, 2.45) is 0 Å². The van der Waals surface area contributed by atoms with Crippen LogP contribution in [-0.2, 0) is 4.74 Å². The second-order valence-corrected chi connectivity index (χ2v) is 4.69. The molecule has 0 unspecified atom stereocenters. The van der Waals surface area contributed by atoms with E-state index in [0.29, 0.717) is 10.8 Å². The lowest BCUT2D eigenvalue weighted by Gasteiger charge is -2.13. The molecule has 3 rings (SSSR count). The van der Waals surface area contributed by atoms with Gasteiger partial charge in [-0.1, -0.05) is 53.7 Å². The Morgan fingerprint density at radius 1 is 1.30 bits per heavy atom. The molecule has 100 valence electrons. The smallest absolute Gasteiger partial charge is 0.121 e. The molecule has 2 aromatic heterocycles. The molecule has 0 radical (unpaired) electrons. The van der Waals surface area contributed by atoms with Gasteiger partial charge in [0, 0.05) is 11.1 Å². The Morgan fingerprint density at radius 2 is 2.05 bits per heavy atom. The highest BCUT2D eigenvalue weighted by atomic mass is 35.5. The molecule has 5 heteroatoms. The zero-order valence-corrected chi connectivity index (χ0v) is 11.6. The van der Waals surface area contributed by atoms with E-state index in [1.807, 2.05) is 36.4 Å². The lowest BCUT2D eigenvalue weighted by molar-refractivity contribution is 0.371. The van der Waals surface area contributed by atoms with E-state index >= 15 is 0 Å². The van der Waals surface area contributed by atoms with Crippen LogP contribution in [0, 0.1) is 0 Å². The molecule has 0 bridgehead atoms. The Kier molecular flexibility index (Phi) is 3.16. The number of hydrogen-bond acceptors (Lipinski definition) is 3. The zero-order valence-electron chi connectivity index (χ0n) is 10.9. The normalized spacial score (nSPS) is 10.7. The highest BCUT2D eigenvalue weighted by Gasteiger charge is 2.16. The largest absolute Gasteiger partial charge is 0.497 e. The van der Waals surface area contributed by atoms with Crippen LogP contribution >= 0.6 is 11.6 Å². The predicted octanol–water partition coefficient (Wildman–Crippen LogP) is 3.67. The van der Waals surface area contributed by atoms with Gasteiger partial charge in [-0.2, -0.15) is 0 Å². The fraction of sp³-hybridized carbons (Fsp3) is 0.0667. The van der Waals surface area contributed by atoms with Crippen LogP contribution in [0.25, 0.3) is 22.5 Å². The first-order valence-corrected chi connectivity index (χ1v) is 6.41. The summed E-state index contributed by atoms with van der Waals surface area (Å²) in [5.74, 6) is 0.531. The monoisotopic (exact) mass is 285 g/mol. The van der Waals surface area contributed by atoms with E-state index in [-0.39, 0.29) is 0 Å². The highest BCUT2D eigenvalue weighted by Crippen LogP contribution is 2.32. The van der Waals surface area contributed by atoms with Crippen molar-refractivity contribution >= 4 is 22.9 Å². The van der Waals surface area contributed by atoms with Gasteiger partial charge in [-0.05, 0) is 6.07 Å². The van der Waals surface area contributed by atoms with Crippen LogP contribution in [0.3, 0.4) is 0 Å². The van der Waals surface area contributed by atoms with Crippen LogP contribution in [0.4, 0.5) is 0 Å². The number of halogens is 1. The van der Waals surface area contributed by atoms with Crippen LogP contribution in [0.15, 0.2) is 49.2 Å². The molecule has 3 aromatic rings. The molecule has 0 amide bonds. The van der Waals surface area contributed by atoms with E-state index in [2.05, 4.69) is 16.9 Å². The summed E-state index contributed by atoms with van der Waals surface area (Å²) in [4.78, 5) is 0. The molecule has 0 fully saturated rings. The van der Waals surface area contributed by atoms with Crippen molar-refractivity contribution in [1.29, 1.82) is 0 Å². The SMILES string of the molecule is C=C(OC)c1cc(Cl)c2cnnn2c1-c1ccccc1. The molecule has 0 aliphatic carbocycles. The molecule has 0 aliphatic rings. The summed E-state index contributed by atoms with van der Waals surface area (Å²) in [6.07, 6.45) is 1.63. The van der Waals surface area contributed by atoms with Gasteiger partial charge in [-0.15, -0.1) is 5.10 Å². The molecule has 0 N–H and O–H groups in total. The number of fused-ring (bicyclic) bond motifs is 1. The van der Waals surface area contributed by atoms with Gasteiger partial charge in [0.15, 0.2) is 0 Å². The fourth-order valence-corrected chi connectivity index (χ4v) is 2.38. The Bertz CT molecular complexity index is 780. The Labute approximate surface area is 121 Å². The van der Waals surface area contributed by atoms with Gasteiger partial charge in [0.1, 0.15) is 11.3 Å². The minimum absolute atomic E-state index is 0.531. The second kappa shape index (κ2) is 4.98. The molecule has 1 aromatic carbocycles. The summed E-state index contributed by atoms with van der Waals surface area (Å²) < 4.78 is 6.97. The first kappa shape index (κ1) is 12.7. The molecule has 0 saturated carbocycles. The number of pyridine rings is 1. The number of aromatic nitrogens is 3. The Morgan fingerprint density at radius 3 is 2.75 bits per heavy atom. The topological polar surface area (TPSA) is 39.4 Å². The fourth-order valence-electron chi connectivity index (χ4n) is 2.14. The van der Waals surface area contributed by atoms with E-state index < -0.39 is 0 Å². The van der Waals surface area contributed by atoms with E-state index in [9.17, 15) is 0 Å². The molecule has 0 atom stereocenters. The Hall–Kier alpha value is -2.33. The van der Waals surface area contributed by atoms with Gasteiger partial charge >= 0.3 is 0 Å². The molecule has 2 heterocycles. The maximum absolute atomic E-state index is 6.27. The van der Waals surface area contributed by atoms with E-state index in [1.165, 1.54) is 0 Å². The van der Waals surface area contributed by atoms with Crippen molar-refractivity contribution in [2.75, 3.05) is 7.11 Å². The van der Waals surface area contributed by atoms with Crippen LogP contribution < -0.4 is 0 Å². The summed E-state index contributed by atoms with van der Waals surface area (Å²) in [6.45, 7) is 3.92. The standard InChI is InChI=1S/C15H12ClN3O/c1-10(20-2)12-8-13(16)14-9-17-18-19(14)15(12)11-6-4-3-5-7-11/h3-9H,1H2,2H3. The molecular weight excluding hydrogens is 274 g/mol. The van der Waals surface area contributed by atoms with Crippen molar-refractivity contribution in [3.63, 3.8) is 0 Å². The summed E-state index contributed by atoms with van der Waals surface area (Å²) in [7, 11) is 1.58. The average molecular weight is 286 g/mol. The third kappa shape index (κ3) is 1.94. The molecule has 4 nitrogen and oxygen atoms in total. The second-order valence-electron chi connectivity index (χ2n) is 4.28. The molecular formula is C15H12ClN3O. The summed E-state index contributed by atoms with van der Waals surface area (Å²) >= 11 is 6.27. The quantitative estimate of drug-likeness (QED) is 0.689. The van der Waals surface area contributed by atoms with Crippen molar-refractivity contribution < 1.29 is 4.74 Å². The summed E-state index contributed by atoms with van der Waals surface area (Å²) in [5, 5.41) is 8.61. The van der Waals surface area contributed by atoms with Gasteiger partial charge < -0.3 is 4.74 Å².